The Hall–Kier alpha value is -2.27. The standard InChI is InChI=1S/C17H22N2O3/c1-11-12(10-18-2)6-7-14(19-11)17-15(21-4)8-13(20-3)9-16(17)22-5/h6-9,18H,10H2,1-5H3. The molecule has 1 heterocycles. The average molecular weight is 302 g/mol. The van der Waals surface area contributed by atoms with E-state index in [2.05, 4.69) is 11.4 Å². The normalized spacial score (nSPS) is 10.4. The molecule has 5 heteroatoms. The maximum absolute atomic E-state index is 5.49. The van der Waals surface area contributed by atoms with Crippen molar-refractivity contribution in [1.82, 2.24) is 10.3 Å². The molecule has 5 nitrogen and oxygen atoms in total. The molecule has 0 bridgehead atoms. The molecule has 0 radical (unpaired) electrons. The number of aromatic nitrogens is 1. The number of aryl methyl sites for hydroxylation is 1. The molecule has 0 spiro atoms. The zero-order valence-corrected chi connectivity index (χ0v) is 13.7. The van der Waals surface area contributed by atoms with Crippen molar-refractivity contribution in [1.29, 1.82) is 0 Å². The van der Waals surface area contributed by atoms with E-state index in [9.17, 15) is 0 Å². The van der Waals surface area contributed by atoms with Crippen LogP contribution in [0.15, 0.2) is 24.3 Å². The molecule has 0 fully saturated rings. The van der Waals surface area contributed by atoms with Crippen LogP contribution >= 0.6 is 0 Å². The summed E-state index contributed by atoms with van der Waals surface area (Å²) in [6.45, 7) is 2.79. The van der Waals surface area contributed by atoms with Gasteiger partial charge in [-0.15, -0.1) is 0 Å². The highest BCUT2D eigenvalue weighted by Gasteiger charge is 2.17. The lowest BCUT2D eigenvalue weighted by molar-refractivity contribution is 0.377. The molecule has 2 aromatic rings. The van der Waals surface area contributed by atoms with Crippen LogP contribution < -0.4 is 19.5 Å². The van der Waals surface area contributed by atoms with E-state index in [0.717, 1.165) is 29.1 Å². The van der Waals surface area contributed by atoms with Crippen molar-refractivity contribution >= 4 is 0 Å². The summed E-state index contributed by atoms with van der Waals surface area (Å²) in [6.07, 6.45) is 0. The van der Waals surface area contributed by atoms with Crippen molar-refractivity contribution < 1.29 is 14.2 Å². The number of benzene rings is 1. The van der Waals surface area contributed by atoms with Gasteiger partial charge >= 0.3 is 0 Å². The van der Waals surface area contributed by atoms with Crippen molar-refractivity contribution in [2.75, 3.05) is 28.4 Å². The fourth-order valence-corrected chi connectivity index (χ4v) is 2.36. The minimum atomic E-state index is 0.671. The molecule has 0 aliphatic rings. The number of pyridine rings is 1. The van der Waals surface area contributed by atoms with Gasteiger partial charge in [0.2, 0.25) is 0 Å². The second-order valence-corrected chi connectivity index (χ2v) is 4.88. The van der Waals surface area contributed by atoms with Gasteiger partial charge in [0, 0.05) is 24.4 Å². The smallest absolute Gasteiger partial charge is 0.135 e. The molecule has 1 aromatic heterocycles. The quantitative estimate of drug-likeness (QED) is 0.889. The largest absolute Gasteiger partial charge is 0.496 e. The second-order valence-electron chi connectivity index (χ2n) is 4.88. The molecule has 0 unspecified atom stereocenters. The van der Waals surface area contributed by atoms with Gasteiger partial charge in [-0.2, -0.15) is 0 Å². The molecular formula is C17H22N2O3. The topological polar surface area (TPSA) is 52.6 Å². The van der Waals surface area contributed by atoms with Gasteiger partial charge in [-0.05, 0) is 25.6 Å². The SMILES string of the molecule is CNCc1ccc(-c2c(OC)cc(OC)cc2OC)nc1C. The van der Waals surface area contributed by atoms with Gasteiger partial charge in [0.15, 0.2) is 0 Å². The Morgan fingerprint density at radius 1 is 1.00 bits per heavy atom. The van der Waals surface area contributed by atoms with Crippen LogP contribution in [-0.4, -0.2) is 33.4 Å². The Morgan fingerprint density at radius 3 is 2.09 bits per heavy atom. The predicted molar refractivity (Wildman–Crippen MR) is 86.8 cm³/mol. The second kappa shape index (κ2) is 7.13. The summed E-state index contributed by atoms with van der Waals surface area (Å²) >= 11 is 0. The fourth-order valence-electron chi connectivity index (χ4n) is 2.36. The monoisotopic (exact) mass is 302 g/mol. The molecule has 0 amide bonds. The van der Waals surface area contributed by atoms with E-state index >= 15 is 0 Å². The van der Waals surface area contributed by atoms with Gasteiger partial charge in [-0.25, -0.2) is 0 Å². The third-order valence-electron chi connectivity index (χ3n) is 3.53. The number of hydrogen-bond acceptors (Lipinski definition) is 5. The molecule has 0 saturated carbocycles. The van der Waals surface area contributed by atoms with E-state index in [4.69, 9.17) is 19.2 Å². The molecule has 0 aliphatic carbocycles. The van der Waals surface area contributed by atoms with E-state index in [0.29, 0.717) is 17.2 Å². The van der Waals surface area contributed by atoms with Crippen LogP contribution in [0, 0.1) is 6.92 Å². The van der Waals surface area contributed by atoms with Crippen LogP contribution in [0.1, 0.15) is 11.3 Å². The molecule has 118 valence electrons. The molecular weight excluding hydrogens is 280 g/mol. The van der Waals surface area contributed by atoms with E-state index < -0.39 is 0 Å². The summed E-state index contributed by atoms with van der Waals surface area (Å²) in [6, 6.07) is 7.70. The first-order valence-corrected chi connectivity index (χ1v) is 7.06. The average Bonchev–Trinajstić information content (AvgIpc) is 2.55. The Labute approximate surface area is 131 Å². The molecule has 1 N–H and O–H groups in total. The number of nitrogens with one attached hydrogen (secondary N) is 1. The summed E-state index contributed by atoms with van der Waals surface area (Å²) in [7, 11) is 6.78. The molecule has 0 atom stereocenters. The number of methoxy groups -OCH3 is 3. The third-order valence-corrected chi connectivity index (χ3v) is 3.53. The first-order valence-electron chi connectivity index (χ1n) is 7.06. The van der Waals surface area contributed by atoms with Crippen LogP contribution in [0.5, 0.6) is 17.2 Å². The summed E-state index contributed by atoms with van der Waals surface area (Å²) in [4.78, 5) is 4.69. The van der Waals surface area contributed by atoms with Gasteiger partial charge in [-0.3, -0.25) is 4.98 Å². The van der Waals surface area contributed by atoms with Crippen molar-refractivity contribution in [3.63, 3.8) is 0 Å². The molecule has 1 aromatic carbocycles. The van der Waals surface area contributed by atoms with Crippen LogP contribution in [0.2, 0.25) is 0 Å². The first-order chi connectivity index (χ1) is 10.6. The summed E-state index contributed by atoms with van der Waals surface area (Å²) < 4.78 is 16.3. The van der Waals surface area contributed by atoms with E-state index in [1.165, 1.54) is 0 Å². The molecule has 0 aliphatic heterocycles. The zero-order valence-electron chi connectivity index (χ0n) is 13.7. The molecule has 0 saturated heterocycles. The summed E-state index contributed by atoms with van der Waals surface area (Å²) in [5.74, 6) is 2.02. The lowest BCUT2D eigenvalue weighted by atomic mass is 10.1. The van der Waals surface area contributed by atoms with Crippen molar-refractivity contribution in [2.45, 2.75) is 13.5 Å². The van der Waals surface area contributed by atoms with Crippen LogP contribution in [0.4, 0.5) is 0 Å². The Kier molecular flexibility index (Phi) is 5.22. The van der Waals surface area contributed by atoms with Gasteiger partial charge in [0.05, 0.1) is 32.6 Å². The summed E-state index contributed by atoms with van der Waals surface area (Å²) in [5.41, 5.74) is 3.78. The van der Waals surface area contributed by atoms with Crippen molar-refractivity contribution in [2.24, 2.45) is 0 Å². The number of hydrogen-bond donors (Lipinski definition) is 1. The Morgan fingerprint density at radius 2 is 1.64 bits per heavy atom. The summed E-state index contributed by atoms with van der Waals surface area (Å²) in [5, 5.41) is 3.14. The maximum atomic E-state index is 5.49. The number of nitrogens with zero attached hydrogens (tertiary/aromatic N) is 1. The minimum Gasteiger partial charge on any atom is -0.496 e. The lowest BCUT2D eigenvalue weighted by Crippen LogP contribution is -2.08. The van der Waals surface area contributed by atoms with E-state index in [-0.39, 0.29) is 0 Å². The molecule has 2 rings (SSSR count). The van der Waals surface area contributed by atoms with Gasteiger partial charge in [0.1, 0.15) is 17.2 Å². The van der Waals surface area contributed by atoms with Crippen LogP contribution in [0.25, 0.3) is 11.3 Å². The highest BCUT2D eigenvalue weighted by Crippen LogP contribution is 2.41. The predicted octanol–water partition coefficient (Wildman–Crippen LogP) is 2.80. The Bertz CT molecular complexity index is 631. The van der Waals surface area contributed by atoms with Crippen LogP contribution in [-0.2, 0) is 6.54 Å². The van der Waals surface area contributed by atoms with Crippen molar-refractivity contribution in [3.05, 3.63) is 35.5 Å². The van der Waals surface area contributed by atoms with Gasteiger partial charge < -0.3 is 19.5 Å². The minimum absolute atomic E-state index is 0.671. The van der Waals surface area contributed by atoms with E-state index in [1.807, 2.05) is 32.2 Å². The highest BCUT2D eigenvalue weighted by molar-refractivity contribution is 5.76. The molecule has 22 heavy (non-hydrogen) atoms. The van der Waals surface area contributed by atoms with Crippen LogP contribution in [0.3, 0.4) is 0 Å². The lowest BCUT2D eigenvalue weighted by Gasteiger charge is -2.15. The Balaban J connectivity index is 2.58. The highest BCUT2D eigenvalue weighted by atomic mass is 16.5. The maximum Gasteiger partial charge on any atom is 0.135 e. The van der Waals surface area contributed by atoms with E-state index in [1.54, 1.807) is 21.3 Å². The van der Waals surface area contributed by atoms with Crippen molar-refractivity contribution in [3.8, 4) is 28.5 Å². The zero-order chi connectivity index (χ0) is 16.1. The number of ether oxygens (including phenoxy) is 3. The first kappa shape index (κ1) is 16.1. The third kappa shape index (κ3) is 3.14. The van der Waals surface area contributed by atoms with Gasteiger partial charge in [0.25, 0.3) is 0 Å². The number of rotatable bonds is 6. The fraction of sp³-hybridized carbons (Fsp3) is 0.353. The van der Waals surface area contributed by atoms with Gasteiger partial charge in [-0.1, -0.05) is 6.07 Å².